The maximum atomic E-state index is 14.8. The molecule has 3 aromatic rings. The number of likely N-dealkylation sites (tertiary alicyclic amines) is 1. The highest BCUT2D eigenvalue weighted by Crippen LogP contribution is 2.32. The summed E-state index contributed by atoms with van der Waals surface area (Å²) in [5, 5.41) is 24.8. The number of imide groups is 1. The van der Waals surface area contributed by atoms with Crippen LogP contribution in [0.1, 0.15) is 137 Å². The Hall–Kier alpha value is -7.45. The highest BCUT2D eigenvalue weighted by atomic mass is 32.2. The van der Waals surface area contributed by atoms with E-state index in [0.29, 0.717) is 60.3 Å². The zero-order valence-electron chi connectivity index (χ0n) is 58.1. The molecule has 25 heteroatoms. The molecule has 95 heavy (non-hydrogen) atoms. The second-order valence-electron chi connectivity index (χ2n) is 26.1. The topological polar surface area (TPSA) is 318 Å². The molecule has 0 spiro atoms. The molecule has 2 saturated heterocycles. The van der Waals surface area contributed by atoms with E-state index < -0.39 is 119 Å². The van der Waals surface area contributed by atoms with Crippen molar-refractivity contribution < 1.29 is 67.3 Å². The van der Waals surface area contributed by atoms with Crippen LogP contribution >= 0.6 is 11.8 Å². The van der Waals surface area contributed by atoms with Crippen LogP contribution in [0.2, 0.25) is 0 Å². The third-order valence-electron chi connectivity index (χ3n) is 18.2. The van der Waals surface area contributed by atoms with Gasteiger partial charge in [0.15, 0.2) is 0 Å². The minimum Gasteiger partial charge on any atom is -0.445 e. The van der Waals surface area contributed by atoms with Gasteiger partial charge in [-0.2, -0.15) is 11.8 Å². The van der Waals surface area contributed by atoms with E-state index in [9.17, 15) is 53.1 Å². The van der Waals surface area contributed by atoms with Crippen LogP contribution in [-0.4, -0.2) is 186 Å². The fraction of sp³-hybridized carbons (Fsp3) is 0.600. The number of carbonyl (C=O) groups excluding carboxylic acids is 10. The highest BCUT2D eigenvalue weighted by molar-refractivity contribution is 8.00. The zero-order chi connectivity index (χ0) is 70.5. The molecule has 5 rings (SSSR count). The maximum absolute atomic E-state index is 14.8. The number of likely N-dealkylation sites (N-methyl/N-ethyl adjacent to an activating group) is 2. The van der Waals surface area contributed by atoms with Crippen molar-refractivity contribution in [2.75, 3.05) is 57.9 Å². The Bertz CT molecular complexity index is 3070. The number of benzene rings is 3. The molecule has 2 aliphatic rings. The molecule has 524 valence electrons. The summed E-state index contributed by atoms with van der Waals surface area (Å²) in [6.45, 7) is 18.6. The molecule has 0 bridgehead atoms. The van der Waals surface area contributed by atoms with Crippen molar-refractivity contribution in [1.82, 2.24) is 36.0 Å². The van der Waals surface area contributed by atoms with Gasteiger partial charge in [0.05, 0.1) is 66.1 Å². The lowest BCUT2D eigenvalue weighted by Gasteiger charge is -2.41. The molecule has 3 aromatic carbocycles. The summed E-state index contributed by atoms with van der Waals surface area (Å²) in [4.78, 5) is 143. The number of aliphatic hydroxyl groups excluding tert-OH is 1. The van der Waals surface area contributed by atoms with E-state index >= 15 is 0 Å². The summed E-state index contributed by atoms with van der Waals surface area (Å²) in [6.07, 6.45) is 1.05. The van der Waals surface area contributed by atoms with E-state index in [1.54, 1.807) is 125 Å². The normalized spacial score (nSPS) is 18.4. The SMILES string of the molecule is CC[C@H](C)[C@H]([C@@H](CC(=O)N1CCC[C@H]1[C@H](OC)[C@@H](C)C(=O)N[C@H](C)[C@@H](O)c1ccccc1)OC)N(C)C(=O)[C@@H](NC(=O)[C@H](C(C)C)N(C)C(=O)OCc1ccc(NC(=O)[C@H](CCCN)NC(=O)[C@@H](NC(=O)Cc2ccc(N3C(=O)CC(SC)C3=O)cc2)C(C)C)cc1)C(C)C. The minimum absolute atomic E-state index is 0.0854. The van der Waals surface area contributed by atoms with Gasteiger partial charge in [-0.15, -0.1) is 0 Å². The smallest absolute Gasteiger partial charge is 0.410 e. The third-order valence-corrected chi connectivity index (χ3v) is 19.1. The molecule has 2 aliphatic heterocycles. The van der Waals surface area contributed by atoms with Gasteiger partial charge in [0, 0.05) is 47.0 Å². The molecule has 2 fully saturated rings. The summed E-state index contributed by atoms with van der Waals surface area (Å²) in [5.74, 6) is -5.74. The molecule has 0 aliphatic carbocycles. The second-order valence-corrected chi connectivity index (χ2v) is 27.2. The lowest BCUT2D eigenvalue weighted by atomic mass is 9.89. The fourth-order valence-corrected chi connectivity index (χ4v) is 13.1. The number of nitrogens with two attached hydrogens (primary N) is 1. The Balaban J connectivity index is 1.17. The number of ether oxygens (including phenoxy) is 3. The Labute approximate surface area is 565 Å². The predicted molar refractivity (Wildman–Crippen MR) is 365 cm³/mol. The molecule has 13 atom stereocenters. The number of thioether (sulfide) groups is 1. The summed E-state index contributed by atoms with van der Waals surface area (Å²) in [7, 11) is 6.11. The number of amides is 10. The van der Waals surface area contributed by atoms with Crippen LogP contribution in [0.4, 0.5) is 16.2 Å². The van der Waals surface area contributed by atoms with E-state index in [0.717, 1.165) is 4.90 Å². The zero-order valence-corrected chi connectivity index (χ0v) is 58.9. The van der Waals surface area contributed by atoms with E-state index in [1.807, 2.05) is 45.9 Å². The summed E-state index contributed by atoms with van der Waals surface area (Å²) in [5.41, 5.74) is 8.43. The largest absolute Gasteiger partial charge is 0.445 e. The molecule has 8 N–H and O–H groups in total. The average Bonchev–Trinajstić information content (AvgIpc) is 1.78. The number of hydrogen-bond acceptors (Lipinski definition) is 16. The summed E-state index contributed by atoms with van der Waals surface area (Å²) < 4.78 is 17.8. The lowest BCUT2D eigenvalue weighted by Crippen LogP contribution is -2.60. The summed E-state index contributed by atoms with van der Waals surface area (Å²) >= 11 is 1.32. The van der Waals surface area contributed by atoms with Crippen LogP contribution < -0.4 is 37.2 Å². The number of carbonyl (C=O) groups is 10. The van der Waals surface area contributed by atoms with Crippen molar-refractivity contribution in [3.8, 4) is 0 Å². The summed E-state index contributed by atoms with van der Waals surface area (Å²) in [6, 6.07) is 16.3. The van der Waals surface area contributed by atoms with Gasteiger partial charge >= 0.3 is 6.09 Å². The lowest BCUT2D eigenvalue weighted by molar-refractivity contribution is -0.148. The Kier molecular flexibility index (Phi) is 30.6. The second kappa shape index (κ2) is 37.2. The van der Waals surface area contributed by atoms with E-state index in [4.69, 9.17) is 19.9 Å². The quantitative estimate of drug-likeness (QED) is 0.0326. The van der Waals surface area contributed by atoms with Gasteiger partial charge in [-0.25, -0.2) is 9.69 Å². The van der Waals surface area contributed by atoms with Crippen molar-refractivity contribution in [3.63, 3.8) is 0 Å². The van der Waals surface area contributed by atoms with Gasteiger partial charge in [-0.3, -0.25) is 48.1 Å². The van der Waals surface area contributed by atoms with Crippen LogP contribution in [0, 0.1) is 29.6 Å². The number of nitrogens with zero attached hydrogens (tertiary/aromatic N) is 4. The molecule has 0 aromatic heterocycles. The first-order valence-corrected chi connectivity index (χ1v) is 34.4. The number of anilines is 2. The van der Waals surface area contributed by atoms with Crippen molar-refractivity contribution in [2.45, 2.75) is 193 Å². The number of methoxy groups -OCH3 is 2. The monoisotopic (exact) mass is 1340 g/mol. The molecular weight excluding hydrogens is 1240 g/mol. The molecular formula is C70H104N10O14S. The standard InChI is InChI=1S/C70H104N10O14S/c1-16-43(8)61(53(92-13)37-56(82)79-35-21-25-52(79)63(93-14)44(9)64(85)72-45(10)62(84)48-22-18-17-19-23-48)77(11)69(90)59(41(4)5)76-67(88)60(42(6)7)78(12)70(91)94-39-47-26-30-49(31-27-47)73-65(86)51(24-20-34-71)74-66(87)58(40(2)3)75-55(81)36-46-28-32-50(33-29-46)80-57(83)38-54(95-15)68(80)89/h17-19,22-23,26-33,40-45,51-54,58-63,84H,16,20-21,24-25,34-39,71H2,1-15H3,(H,72,85)(H,73,86)(H,74,87)(H,75,81)(H,76,88)/t43-,44+,45+,51-,52-,53+,54?,58-,59-,60-,61+,62+,63+/m0/s1. The first kappa shape index (κ1) is 78.2. The molecule has 10 amide bonds. The van der Waals surface area contributed by atoms with Gasteiger partial charge in [-0.1, -0.05) is 123 Å². The van der Waals surface area contributed by atoms with Gasteiger partial charge in [0.2, 0.25) is 53.2 Å². The Morgan fingerprint density at radius 3 is 1.93 bits per heavy atom. The first-order chi connectivity index (χ1) is 45.0. The van der Waals surface area contributed by atoms with Crippen molar-refractivity contribution in [1.29, 1.82) is 0 Å². The van der Waals surface area contributed by atoms with Crippen LogP contribution in [0.15, 0.2) is 78.9 Å². The van der Waals surface area contributed by atoms with Gasteiger partial charge in [-0.05, 0) is 110 Å². The molecule has 2 heterocycles. The number of nitrogens with one attached hydrogen (secondary N) is 5. The minimum atomic E-state index is -1.07. The van der Waals surface area contributed by atoms with Crippen molar-refractivity contribution in [3.05, 3.63) is 95.6 Å². The number of rotatable bonds is 35. The Morgan fingerprint density at radius 1 is 0.737 bits per heavy atom. The van der Waals surface area contributed by atoms with E-state index in [1.165, 1.54) is 37.9 Å². The van der Waals surface area contributed by atoms with Crippen LogP contribution in [0.25, 0.3) is 0 Å². The molecule has 24 nitrogen and oxygen atoms in total. The first-order valence-electron chi connectivity index (χ1n) is 33.1. The van der Waals surface area contributed by atoms with Crippen LogP contribution in [-0.2, 0) is 70.4 Å². The maximum Gasteiger partial charge on any atom is 0.410 e. The van der Waals surface area contributed by atoms with Gasteiger partial charge in [0.25, 0.3) is 0 Å². The highest BCUT2D eigenvalue weighted by Gasteiger charge is 2.45. The molecule has 1 unspecified atom stereocenters. The predicted octanol–water partition coefficient (Wildman–Crippen LogP) is 6.12. The average molecular weight is 1340 g/mol. The van der Waals surface area contributed by atoms with Gasteiger partial charge in [0.1, 0.15) is 30.8 Å². The van der Waals surface area contributed by atoms with Crippen molar-refractivity contribution in [2.24, 2.45) is 35.3 Å². The van der Waals surface area contributed by atoms with Crippen LogP contribution in [0.5, 0.6) is 0 Å². The fourth-order valence-electron chi connectivity index (χ4n) is 12.5. The third kappa shape index (κ3) is 21.0. The van der Waals surface area contributed by atoms with E-state index in [-0.39, 0.29) is 74.3 Å². The molecule has 0 saturated carbocycles. The number of hydrogen-bond donors (Lipinski definition) is 7. The number of aliphatic hydroxyl groups is 1. The van der Waals surface area contributed by atoms with Crippen molar-refractivity contribution >= 4 is 82.4 Å². The van der Waals surface area contributed by atoms with E-state index in [2.05, 4.69) is 26.6 Å². The Morgan fingerprint density at radius 2 is 1.37 bits per heavy atom. The van der Waals surface area contributed by atoms with Crippen LogP contribution in [0.3, 0.4) is 0 Å². The van der Waals surface area contributed by atoms with Gasteiger partial charge < -0.3 is 61.4 Å². The molecule has 0 radical (unpaired) electrons.